The maximum Gasteiger partial charge on any atom is 0.266 e. The van der Waals surface area contributed by atoms with Crippen molar-refractivity contribution in [3.63, 3.8) is 0 Å². The van der Waals surface area contributed by atoms with Crippen molar-refractivity contribution in [3.05, 3.63) is 119 Å². The highest BCUT2D eigenvalue weighted by atomic mass is 16.2. The molecule has 0 spiro atoms. The van der Waals surface area contributed by atoms with E-state index in [1.165, 1.54) is 21.5 Å². The Bertz CT molecular complexity index is 1850. The number of nitrogens with one attached hydrogen (secondary N) is 1. The number of nitrogens with two attached hydrogens (primary N) is 1. The van der Waals surface area contributed by atoms with Crippen LogP contribution in [0, 0.1) is 0 Å². The number of hydrogen-bond acceptors (Lipinski definition) is 7. The molecule has 10 heteroatoms. The van der Waals surface area contributed by atoms with E-state index in [9.17, 15) is 9.59 Å². The number of para-hydroxylation sites is 1. The zero-order valence-electron chi connectivity index (χ0n) is 22.6. The minimum absolute atomic E-state index is 0.0328. The molecule has 0 aliphatic rings. The zero-order chi connectivity index (χ0) is 28.9. The molecule has 0 saturated carbocycles. The van der Waals surface area contributed by atoms with Gasteiger partial charge in [0.15, 0.2) is 11.6 Å². The minimum Gasteiger partial charge on any atom is -0.381 e. The molecule has 0 saturated heterocycles. The Kier molecular flexibility index (Phi) is 7.64. The summed E-state index contributed by atoms with van der Waals surface area (Å²) in [6.07, 6.45) is 10.2. The molecule has 1 atom stereocenters. The van der Waals surface area contributed by atoms with E-state index in [4.69, 9.17) is 10.7 Å². The van der Waals surface area contributed by atoms with Crippen LogP contribution in [0.3, 0.4) is 0 Å². The van der Waals surface area contributed by atoms with Gasteiger partial charge < -0.3 is 11.1 Å². The number of aliphatic imine (C=N–C) groups is 1. The van der Waals surface area contributed by atoms with Crippen LogP contribution in [-0.4, -0.2) is 36.4 Å². The van der Waals surface area contributed by atoms with E-state index in [0.717, 1.165) is 5.56 Å². The molecular weight excluding hydrogens is 516 g/mol. The number of carbonyl (C=O) groups is 1. The summed E-state index contributed by atoms with van der Waals surface area (Å²) in [4.78, 5) is 40.9. The summed E-state index contributed by atoms with van der Waals surface area (Å²) in [5.74, 6) is 0.171. The molecule has 0 aliphatic carbocycles. The Morgan fingerprint density at radius 2 is 1.90 bits per heavy atom. The lowest BCUT2D eigenvalue weighted by Crippen LogP contribution is -2.33. The van der Waals surface area contributed by atoms with Crippen molar-refractivity contribution in [3.8, 4) is 5.69 Å². The summed E-state index contributed by atoms with van der Waals surface area (Å²) in [5, 5.41) is 7.53. The van der Waals surface area contributed by atoms with Crippen LogP contribution in [0.1, 0.15) is 40.3 Å². The Labute approximate surface area is 236 Å². The number of hydrogen-bond donors (Lipinski definition) is 2. The molecule has 3 heterocycles. The van der Waals surface area contributed by atoms with Gasteiger partial charge in [0.2, 0.25) is 0 Å². The first kappa shape index (κ1) is 26.9. The fourth-order valence-corrected chi connectivity index (χ4v) is 4.55. The van der Waals surface area contributed by atoms with Crippen molar-refractivity contribution in [1.29, 1.82) is 0 Å². The fourth-order valence-electron chi connectivity index (χ4n) is 4.55. The van der Waals surface area contributed by atoms with Gasteiger partial charge in [-0.3, -0.25) is 19.1 Å². The van der Waals surface area contributed by atoms with Gasteiger partial charge in [-0.2, -0.15) is 5.10 Å². The number of nitrogens with zero attached hydrogens (tertiary/aromatic N) is 6. The lowest BCUT2D eigenvalue weighted by atomic mass is 10.1. The number of rotatable bonds is 8. The molecule has 2 aromatic carbocycles. The van der Waals surface area contributed by atoms with Crippen LogP contribution in [0.4, 0.5) is 11.6 Å². The first-order valence-corrected chi connectivity index (χ1v) is 12.9. The Morgan fingerprint density at radius 3 is 2.63 bits per heavy atom. The predicted octanol–water partition coefficient (Wildman–Crippen LogP) is 4.65. The Hall–Kier alpha value is -5.64. The molecule has 0 aliphatic heterocycles. The molecule has 3 aromatic heterocycles. The van der Waals surface area contributed by atoms with Gasteiger partial charge in [-0.15, -0.1) is 0 Å². The SMILES string of the molecule is C=C/C=N\c1c(C(=O)NC(C)c2nc3cccc(/C=C/c4cccnc4)c3c(=O)n2-c2ccccc2)c(N)nn1C. The maximum absolute atomic E-state index is 14.2. The van der Waals surface area contributed by atoms with E-state index >= 15 is 0 Å². The van der Waals surface area contributed by atoms with Crippen LogP contribution in [0.15, 0.2) is 95.5 Å². The van der Waals surface area contributed by atoms with Crippen molar-refractivity contribution in [1.82, 2.24) is 29.6 Å². The van der Waals surface area contributed by atoms with Crippen molar-refractivity contribution < 1.29 is 4.79 Å². The van der Waals surface area contributed by atoms with Crippen molar-refractivity contribution in [2.45, 2.75) is 13.0 Å². The third kappa shape index (κ3) is 5.44. The number of pyridine rings is 1. The van der Waals surface area contributed by atoms with Gasteiger partial charge in [-0.05, 0) is 42.3 Å². The molecular formula is C31H28N8O2. The van der Waals surface area contributed by atoms with Crippen LogP contribution >= 0.6 is 0 Å². The van der Waals surface area contributed by atoms with Crippen molar-refractivity contribution in [2.24, 2.45) is 12.0 Å². The lowest BCUT2D eigenvalue weighted by Gasteiger charge is -2.20. The fraction of sp³-hybridized carbons (Fsp3) is 0.0968. The molecule has 10 nitrogen and oxygen atoms in total. The normalized spacial score (nSPS) is 12.2. The van der Waals surface area contributed by atoms with Crippen LogP contribution in [0.5, 0.6) is 0 Å². The highest BCUT2D eigenvalue weighted by molar-refractivity contribution is 6.03. The van der Waals surface area contributed by atoms with Gasteiger partial charge in [0.1, 0.15) is 11.4 Å². The van der Waals surface area contributed by atoms with E-state index in [1.54, 1.807) is 32.4 Å². The monoisotopic (exact) mass is 544 g/mol. The summed E-state index contributed by atoms with van der Waals surface area (Å²) in [6, 6.07) is 17.8. The summed E-state index contributed by atoms with van der Waals surface area (Å²) in [5.41, 5.74) is 8.66. The number of fused-ring (bicyclic) bond motifs is 1. The number of benzene rings is 2. The Balaban J connectivity index is 1.62. The molecule has 5 aromatic rings. The average Bonchev–Trinajstić information content (AvgIpc) is 3.27. The van der Waals surface area contributed by atoms with Crippen LogP contribution in [0.2, 0.25) is 0 Å². The molecule has 3 N–H and O–H groups in total. The molecule has 0 fully saturated rings. The number of nitrogen functional groups attached to an aromatic ring is 1. The number of allylic oxidation sites excluding steroid dienone is 1. The second-order valence-electron chi connectivity index (χ2n) is 9.22. The van der Waals surface area contributed by atoms with Crippen LogP contribution < -0.4 is 16.6 Å². The highest BCUT2D eigenvalue weighted by Gasteiger charge is 2.25. The summed E-state index contributed by atoms with van der Waals surface area (Å²) in [7, 11) is 1.64. The van der Waals surface area contributed by atoms with Crippen molar-refractivity contribution in [2.75, 3.05) is 5.73 Å². The van der Waals surface area contributed by atoms with Gasteiger partial charge in [0.25, 0.3) is 11.5 Å². The molecule has 0 bridgehead atoms. The zero-order valence-corrected chi connectivity index (χ0v) is 22.6. The maximum atomic E-state index is 14.2. The molecule has 1 unspecified atom stereocenters. The summed E-state index contributed by atoms with van der Waals surface area (Å²) >= 11 is 0. The first-order valence-electron chi connectivity index (χ1n) is 12.9. The number of anilines is 1. The van der Waals surface area contributed by atoms with E-state index in [0.29, 0.717) is 28.0 Å². The number of carbonyl (C=O) groups excluding carboxylic acids is 1. The second-order valence-corrected chi connectivity index (χ2v) is 9.22. The number of aromatic nitrogens is 5. The predicted molar refractivity (Wildman–Crippen MR) is 162 cm³/mol. The molecule has 1 amide bonds. The van der Waals surface area contributed by atoms with E-state index < -0.39 is 11.9 Å². The number of aryl methyl sites for hydroxylation is 1. The molecule has 5 rings (SSSR count). The quantitative estimate of drug-likeness (QED) is 0.273. The molecule has 41 heavy (non-hydrogen) atoms. The van der Waals surface area contributed by atoms with Gasteiger partial charge >= 0.3 is 0 Å². The van der Waals surface area contributed by atoms with Crippen LogP contribution in [-0.2, 0) is 7.05 Å². The molecule has 0 radical (unpaired) electrons. The number of amides is 1. The smallest absolute Gasteiger partial charge is 0.266 e. The average molecular weight is 545 g/mol. The van der Waals surface area contributed by atoms with Gasteiger partial charge in [0.05, 0.1) is 22.6 Å². The van der Waals surface area contributed by atoms with E-state index in [-0.39, 0.29) is 22.8 Å². The third-order valence-electron chi connectivity index (χ3n) is 6.42. The van der Waals surface area contributed by atoms with Gasteiger partial charge in [-0.25, -0.2) is 14.7 Å². The molecule has 204 valence electrons. The minimum atomic E-state index is -0.690. The highest BCUT2D eigenvalue weighted by Crippen LogP contribution is 2.26. The Morgan fingerprint density at radius 1 is 1.10 bits per heavy atom. The lowest BCUT2D eigenvalue weighted by molar-refractivity contribution is 0.0939. The van der Waals surface area contributed by atoms with Gasteiger partial charge in [0, 0.05) is 25.7 Å². The van der Waals surface area contributed by atoms with Gasteiger partial charge in [-0.1, -0.05) is 61.2 Å². The second kappa shape index (κ2) is 11.6. The topological polar surface area (TPSA) is 133 Å². The largest absolute Gasteiger partial charge is 0.381 e. The van der Waals surface area contributed by atoms with Crippen molar-refractivity contribution >= 4 is 46.8 Å². The van der Waals surface area contributed by atoms with E-state index in [1.807, 2.05) is 66.7 Å². The third-order valence-corrected chi connectivity index (χ3v) is 6.42. The summed E-state index contributed by atoms with van der Waals surface area (Å²) in [6.45, 7) is 5.38. The summed E-state index contributed by atoms with van der Waals surface area (Å²) < 4.78 is 2.95. The van der Waals surface area contributed by atoms with E-state index in [2.05, 4.69) is 27.0 Å². The van der Waals surface area contributed by atoms with Crippen LogP contribution in [0.25, 0.3) is 28.7 Å². The first-order chi connectivity index (χ1) is 19.9. The standard InChI is InChI=1S/C31H28N8O2/c1-4-17-34-29-26(27(32)37-38(29)3)30(40)35-20(2)28-36-24-14-8-11-22(16-15-21-10-9-18-33-19-21)25(24)31(41)39(28)23-12-6-5-7-13-23/h4-20H,1H2,2-3H3,(H2,32,37)(H,35,40)/b16-15+,34-17-.